The minimum Gasteiger partial charge on any atom is -0.493 e. The van der Waals surface area contributed by atoms with Crippen LogP contribution < -0.4 is 14.8 Å². The van der Waals surface area contributed by atoms with Crippen molar-refractivity contribution in [2.24, 2.45) is 5.92 Å². The highest BCUT2D eigenvalue weighted by Gasteiger charge is 2.38. The van der Waals surface area contributed by atoms with Gasteiger partial charge in [0.25, 0.3) is 0 Å². The average molecular weight is 449 g/mol. The molecule has 0 saturated heterocycles. The van der Waals surface area contributed by atoms with Gasteiger partial charge in [-0.1, -0.05) is 38.1 Å². The number of rotatable bonds is 11. The monoisotopic (exact) mass is 448 g/mol. The average Bonchev–Trinajstić information content (AvgIpc) is 2.78. The lowest BCUT2D eigenvalue weighted by molar-refractivity contribution is -0.137. The van der Waals surface area contributed by atoms with Crippen LogP contribution in [0.3, 0.4) is 0 Å². The van der Waals surface area contributed by atoms with Gasteiger partial charge in [-0.3, -0.25) is 0 Å². The van der Waals surface area contributed by atoms with Crippen molar-refractivity contribution in [3.05, 3.63) is 59.2 Å². The molecule has 0 fully saturated rings. The third-order valence-electron chi connectivity index (χ3n) is 5.85. The molecule has 0 saturated carbocycles. The SMILES string of the molecule is COc1ccc(CCNCCCC(C#N)(c2cccc(C(F)(F)F)c2)C(C)C)cc1OC. The van der Waals surface area contributed by atoms with Crippen molar-refractivity contribution in [2.45, 2.75) is 44.7 Å². The Bertz CT molecular complexity index is 922. The van der Waals surface area contributed by atoms with Crippen LogP contribution in [0, 0.1) is 17.2 Å². The van der Waals surface area contributed by atoms with E-state index < -0.39 is 17.2 Å². The summed E-state index contributed by atoms with van der Waals surface area (Å²) in [5.74, 6) is 1.24. The Hall–Kier alpha value is -2.72. The van der Waals surface area contributed by atoms with E-state index in [2.05, 4.69) is 11.4 Å². The van der Waals surface area contributed by atoms with E-state index >= 15 is 0 Å². The molecule has 0 aliphatic heterocycles. The Labute approximate surface area is 188 Å². The van der Waals surface area contributed by atoms with Gasteiger partial charge in [-0.05, 0) is 67.6 Å². The van der Waals surface area contributed by atoms with Gasteiger partial charge >= 0.3 is 6.18 Å². The highest BCUT2D eigenvalue weighted by Crippen LogP contribution is 2.39. The predicted molar refractivity (Wildman–Crippen MR) is 119 cm³/mol. The molecule has 0 aliphatic rings. The van der Waals surface area contributed by atoms with Crippen molar-refractivity contribution in [1.82, 2.24) is 5.32 Å². The summed E-state index contributed by atoms with van der Waals surface area (Å²) in [6.07, 6.45) is -2.48. The van der Waals surface area contributed by atoms with Gasteiger partial charge in [0.2, 0.25) is 0 Å². The Balaban J connectivity index is 1.96. The molecule has 0 spiro atoms. The van der Waals surface area contributed by atoms with Gasteiger partial charge in [-0.2, -0.15) is 18.4 Å². The van der Waals surface area contributed by atoms with E-state index in [4.69, 9.17) is 9.47 Å². The number of halogens is 3. The molecule has 2 rings (SSSR count). The first-order valence-corrected chi connectivity index (χ1v) is 10.7. The highest BCUT2D eigenvalue weighted by molar-refractivity contribution is 5.43. The maximum absolute atomic E-state index is 13.2. The Morgan fingerprint density at radius 3 is 2.25 bits per heavy atom. The highest BCUT2D eigenvalue weighted by atomic mass is 19.4. The minimum absolute atomic E-state index is 0.122. The fourth-order valence-electron chi connectivity index (χ4n) is 3.88. The van der Waals surface area contributed by atoms with Crippen LogP contribution in [0.15, 0.2) is 42.5 Å². The van der Waals surface area contributed by atoms with E-state index in [-0.39, 0.29) is 5.92 Å². The summed E-state index contributed by atoms with van der Waals surface area (Å²) < 4.78 is 50.1. The van der Waals surface area contributed by atoms with E-state index in [1.165, 1.54) is 6.07 Å². The normalized spacial score (nSPS) is 13.5. The number of ether oxygens (including phenoxy) is 2. The number of nitrogens with one attached hydrogen (secondary N) is 1. The first-order chi connectivity index (χ1) is 15.2. The maximum Gasteiger partial charge on any atom is 0.416 e. The molecule has 1 N–H and O–H groups in total. The maximum atomic E-state index is 13.2. The second-order valence-electron chi connectivity index (χ2n) is 8.11. The van der Waals surface area contributed by atoms with Crippen molar-refractivity contribution in [3.8, 4) is 17.6 Å². The quantitative estimate of drug-likeness (QED) is 0.445. The van der Waals surface area contributed by atoms with Crippen molar-refractivity contribution in [2.75, 3.05) is 27.3 Å². The second kappa shape index (κ2) is 11.2. The largest absolute Gasteiger partial charge is 0.493 e. The van der Waals surface area contributed by atoms with Crippen molar-refractivity contribution >= 4 is 0 Å². The lowest BCUT2D eigenvalue weighted by Gasteiger charge is -2.32. The van der Waals surface area contributed by atoms with Gasteiger partial charge in [0.05, 0.1) is 31.3 Å². The smallest absolute Gasteiger partial charge is 0.416 e. The summed E-state index contributed by atoms with van der Waals surface area (Å²) in [6, 6.07) is 13.3. The first kappa shape index (κ1) is 25.5. The Morgan fingerprint density at radius 1 is 0.969 bits per heavy atom. The molecule has 32 heavy (non-hydrogen) atoms. The lowest BCUT2D eigenvalue weighted by Crippen LogP contribution is -2.32. The first-order valence-electron chi connectivity index (χ1n) is 10.7. The van der Waals surface area contributed by atoms with Crippen LogP contribution in [-0.2, 0) is 18.0 Å². The Morgan fingerprint density at radius 2 is 1.66 bits per heavy atom. The predicted octanol–water partition coefficient (Wildman–Crippen LogP) is 5.75. The third-order valence-corrected chi connectivity index (χ3v) is 5.85. The molecule has 0 bridgehead atoms. The van der Waals surface area contributed by atoms with E-state index in [0.29, 0.717) is 36.4 Å². The van der Waals surface area contributed by atoms with E-state index in [1.807, 2.05) is 32.0 Å². The number of hydrogen-bond donors (Lipinski definition) is 1. The van der Waals surface area contributed by atoms with Crippen LogP contribution in [0.25, 0.3) is 0 Å². The molecule has 1 atom stereocenters. The van der Waals surface area contributed by atoms with Gasteiger partial charge in [0.1, 0.15) is 0 Å². The van der Waals surface area contributed by atoms with Gasteiger partial charge in [-0.25, -0.2) is 0 Å². The van der Waals surface area contributed by atoms with Crippen molar-refractivity contribution in [3.63, 3.8) is 0 Å². The van der Waals surface area contributed by atoms with E-state index in [9.17, 15) is 18.4 Å². The number of methoxy groups -OCH3 is 2. The van der Waals surface area contributed by atoms with Crippen LogP contribution in [0.4, 0.5) is 13.2 Å². The number of benzene rings is 2. The summed E-state index contributed by atoms with van der Waals surface area (Å²) >= 11 is 0. The summed E-state index contributed by atoms with van der Waals surface area (Å²) in [6.45, 7) is 5.17. The van der Waals surface area contributed by atoms with Crippen LogP contribution in [0.5, 0.6) is 11.5 Å². The summed E-state index contributed by atoms with van der Waals surface area (Å²) in [5, 5.41) is 13.3. The summed E-state index contributed by atoms with van der Waals surface area (Å²) in [5.41, 5.74) is -0.155. The fourth-order valence-corrected chi connectivity index (χ4v) is 3.88. The molecular weight excluding hydrogens is 417 g/mol. The third kappa shape index (κ3) is 6.17. The van der Waals surface area contributed by atoms with E-state index in [1.54, 1.807) is 20.3 Å². The molecule has 0 amide bonds. The zero-order valence-electron chi connectivity index (χ0n) is 19.1. The van der Waals surface area contributed by atoms with E-state index in [0.717, 1.165) is 30.7 Å². The van der Waals surface area contributed by atoms with Gasteiger partial charge < -0.3 is 14.8 Å². The zero-order valence-corrected chi connectivity index (χ0v) is 19.1. The standard InChI is InChI=1S/C25H31F3N2O2/c1-18(2)24(17-29,20-7-5-8-21(16-20)25(26,27)28)12-6-13-30-14-11-19-9-10-22(31-3)23(15-19)32-4/h5,7-10,15-16,18,30H,6,11-14H2,1-4H3. The molecule has 2 aromatic rings. The van der Waals surface area contributed by atoms with Crippen LogP contribution >= 0.6 is 0 Å². The molecule has 0 heterocycles. The lowest BCUT2D eigenvalue weighted by atomic mass is 9.69. The summed E-state index contributed by atoms with van der Waals surface area (Å²) in [4.78, 5) is 0. The topological polar surface area (TPSA) is 54.3 Å². The summed E-state index contributed by atoms with van der Waals surface area (Å²) in [7, 11) is 3.19. The molecular formula is C25H31F3N2O2. The van der Waals surface area contributed by atoms with Gasteiger partial charge in [0, 0.05) is 0 Å². The molecule has 4 nitrogen and oxygen atoms in total. The van der Waals surface area contributed by atoms with Gasteiger partial charge in [-0.15, -0.1) is 0 Å². The molecule has 2 aromatic carbocycles. The van der Waals surface area contributed by atoms with Crippen molar-refractivity contribution in [1.29, 1.82) is 5.26 Å². The Kier molecular flexibility index (Phi) is 8.97. The van der Waals surface area contributed by atoms with Crippen LogP contribution in [0.2, 0.25) is 0 Å². The number of hydrogen-bond acceptors (Lipinski definition) is 4. The number of nitriles is 1. The molecule has 0 aliphatic carbocycles. The molecule has 1 unspecified atom stereocenters. The molecule has 0 aromatic heterocycles. The molecule has 0 radical (unpaired) electrons. The number of alkyl halides is 3. The fraction of sp³-hybridized carbons (Fsp3) is 0.480. The minimum atomic E-state index is -4.43. The van der Waals surface area contributed by atoms with Gasteiger partial charge in [0.15, 0.2) is 11.5 Å². The zero-order chi connectivity index (χ0) is 23.8. The van der Waals surface area contributed by atoms with Crippen LogP contribution in [-0.4, -0.2) is 27.3 Å². The molecule has 174 valence electrons. The molecule has 7 heteroatoms. The van der Waals surface area contributed by atoms with Crippen molar-refractivity contribution < 1.29 is 22.6 Å². The second-order valence-corrected chi connectivity index (χ2v) is 8.11. The number of nitrogens with zero attached hydrogens (tertiary/aromatic N) is 1. The van der Waals surface area contributed by atoms with Crippen LogP contribution in [0.1, 0.15) is 43.4 Å².